The molecule has 12 nitrogen and oxygen atoms in total. The Hall–Kier alpha value is -5.46. The van der Waals surface area contributed by atoms with Gasteiger partial charge in [-0.25, -0.2) is 0 Å². The van der Waals surface area contributed by atoms with Crippen molar-refractivity contribution in [2.75, 3.05) is 13.2 Å². The monoisotopic (exact) mass is 975 g/mol. The number of hydrogen-bond acceptors (Lipinski definition) is 10. The molecule has 0 spiro atoms. The Morgan fingerprint density at radius 3 is 1.21 bits per heavy atom. The molecule has 6 rings (SSSR count). The molecule has 2 aliphatic rings. The highest BCUT2D eigenvalue weighted by Crippen LogP contribution is 2.40. The molecule has 2 atom stereocenters. The summed E-state index contributed by atoms with van der Waals surface area (Å²) in [5.74, 6) is 2.98. The minimum atomic E-state index is -2.00. The summed E-state index contributed by atoms with van der Waals surface area (Å²) in [6.07, 6.45) is 15.3. The van der Waals surface area contributed by atoms with E-state index in [2.05, 4.69) is 38.1 Å². The minimum Gasteiger partial charge on any atom is -0.494 e. The summed E-state index contributed by atoms with van der Waals surface area (Å²) < 4.78 is 12.1. The van der Waals surface area contributed by atoms with Crippen molar-refractivity contribution in [1.29, 1.82) is 0 Å². The maximum atomic E-state index is 14.8. The molecule has 0 saturated heterocycles. The number of ketones is 2. The summed E-state index contributed by atoms with van der Waals surface area (Å²) >= 11 is 0. The Kier molecular flexibility index (Phi) is 21.6. The van der Waals surface area contributed by atoms with E-state index in [0.29, 0.717) is 74.7 Å². The number of unbranched alkanes of at least 4 members (excludes halogenated alkanes) is 4. The van der Waals surface area contributed by atoms with Gasteiger partial charge in [0, 0.05) is 24.3 Å². The summed E-state index contributed by atoms with van der Waals surface area (Å²) in [6, 6.07) is 27.9. The highest BCUT2D eigenvalue weighted by Gasteiger charge is 2.50. The summed E-state index contributed by atoms with van der Waals surface area (Å²) in [5.41, 5.74) is 1.23. The van der Waals surface area contributed by atoms with Gasteiger partial charge in [0.05, 0.1) is 23.1 Å². The van der Waals surface area contributed by atoms with E-state index in [1.807, 2.05) is 24.3 Å². The zero-order chi connectivity index (χ0) is 50.6. The second-order valence-electron chi connectivity index (χ2n) is 20.6. The zero-order valence-electron chi connectivity index (χ0n) is 42.2. The van der Waals surface area contributed by atoms with Gasteiger partial charge in [0.1, 0.15) is 29.1 Å². The van der Waals surface area contributed by atoms with E-state index in [9.17, 15) is 40.0 Å². The van der Waals surface area contributed by atoms with Crippen LogP contribution in [0.4, 0.5) is 11.4 Å². The number of carbonyl (C=O) groups excluding carboxylic acids is 2. The summed E-state index contributed by atoms with van der Waals surface area (Å²) in [4.78, 5) is 51.6. The predicted molar refractivity (Wildman–Crippen MR) is 278 cm³/mol. The normalized spacial score (nSPS) is 19.1. The quantitative estimate of drug-likeness (QED) is 0.0221. The lowest BCUT2D eigenvalue weighted by Crippen LogP contribution is -2.52. The Morgan fingerprint density at radius 1 is 0.535 bits per heavy atom. The predicted octanol–water partition coefficient (Wildman–Crippen LogP) is 13.6. The van der Waals surface area contributed by atoms with Crippen LogP contribution in [0.25, 0.3) is 0 Å². The molecule has 2 N–H and O–H groups in total. The van der Waals surface area contributed by atoms with Crippen LogP contribution in [0.15, 0.2) is 97.1 Å². The van der Waals surface area contributed by atoms with Crippen LogP contribution in [-0.2, 0) is 22.4 Å². The lowest BCUT2D eigenvalue weighted by atomic mass is 9.66. The molecule has 2 unspecified atom stereocenters. The molecule has 0 aromatic heterocycles. The number of hydrogen-bond donors (Lipinski definition) is 2. The van der Waals surface area contributed by atoms with Crippen molar-refractivity contribution in [3.05, 3.63) is 140 Å². The van der Waals surface area contributed by atoms with Gasteiger partial charge in [0.2, 0.25) is 0 Å². The number of rotatable bonds is 30. The molecule has 0 amide bonds. The van der Waals surface area contributed by atoms with E-state index in [0.717, 1.165) is 23.3 Å². The SMILES string of the molecule is CCCC1CCC(c2ccc(OCCCCCC(O)C(=O)C(Cc3ccc([N+](=O)[O-])cc3)(Cc3ccc([N+](=O)[O-])cc3)C(=O)C(O)CCCCCOc3ccc(C4CCC(CCC)CC4)cc3)cc2)CC1. The van der Waals surface area contributed by atoms with Gasteiger partial charge in [-0.05, 0) is 173 Å². The number of aliphatic hydroxyl groups excluding tert-OH is 2. The summed E-state index contributed by atoms with van der Waals surface area (Å²) in [7, 11) is 0. The molecular formula is C59H78N2O10. The second-order valence-corrected chi connectivity index (χ2v) is 20.6. The first-order valence-corrected chi connectivity index (χ1v) is 26.8. The summed E-state index contributed by atoms with van der Waals surface area (Å²) in [6.45, 7) is 5.44. The van der Waals surface area contributed by atoms with Gasteiger partial charge in [-0.2, -0.15) is 0 Å². The molecule has 2 fully saturated rings. The first kappa shape index (κ1) is 54.9. The number of aliphatic hydroxyl groups is 2. The highest BCUT2D eigenvalue weighted by molar-refractivity contribution is 6.10. The lowest BCUT2D eigenvalue weighted by Gasteiger charge is -2.35. The topological polar surface area (TPSA) is 179 Å². The van der Waals surface area contributed by atoms with Crippen LogP contribution >= 0.6 is 0 Å². The first-order valence-electron chi connectivity index (χ1n) is 26.8. The minimum absolute atomic E-state index is 0.0580. The summed E-state index contributed by atoms with van der Waals surface area (Å²) in [5, 5.41) is 46.4. The van der Waals surface area contributed by atoms with E-state index in [1.54, 1.807) is 0 Å². The third-order valence-electron chi connectivity index (χ3n) is 15.4. The highest BCUT2D eigenvalue weighted by atomic mass is 16.6. The number of non-ortho nitro benzene ring substituents is 2. The number of carbonyl (C=O) groups is 2. The number of benzene rings is 4. The van der Waals surface area contributed by atoms with E-state index in [-0.39, 0.29) is 37.1 Å². The average molecular weight is 975 g/mol. The van der Waals surface area contributed by atoms with E-state index < -0.39 is 39.0 Å². The Balaban J connectivity index is 1.06. The third-order valence-corrected chi connectivity index (χ3v) is 15.4. The van der Waals surface area contributed by atoms with Crippen LogP contribution in [0.2, 0.25) is 0 Å². The van der Waals surface area contributed by atoms with Crippen molar-refractivity contribution in [3.8, 4) is 11.5 Å². The smallest absolute Gasteiger partial charge is 0.269 e. The molecule has 4 aromatic carbocycles. The molecule has 71 heavy (non-hydrogen) atoms. The Labute approximate surface area is 421 Å². The molecular weight excluding hydrogens is 897 g/mol. The van der Waals surface area contributed by atoms with Gasteiger partial charge < -0.3 is 19.7 Å². The number of nitrogens with zero attached hydrogens (tertiary/aromatic N) is 2. The van der Waals surface area contributed by atoms with Gasteiger partial charge in [0.25, 0.3) is 11.4 Å². The fourth-order valence-corrected chi connectivity index (χ4v) is 11.3. The van der Waals surface area contributed by atoms with Crippen LogP contribution in [0, 0.1) is 37.5 Å². The Morgan fingerprint density at radius 2 is 0.887 bits per heavy atom. The Bertz CT molecular complexity index is 2090. The first-order chi connectivity index (χ1) is 34.4. The van der Waals surface area contributed by atoms with Gasteiger partial charge in [-0.1, -0.05) is 101 Å². The number of Topliss-reactive ketones (excluding diaryl/α,β-unsaturated/α-hetero) is 2. The van der Waals surface area contributed by atoms with Crippen molar-refractivity contribution < 1.29 is 39.1 Å². The molecule has 384 valence electrons. The van der Waals surface area contributed by atoms with Crippen molar-refractivity contribution in [2.45, 2.75) is 179 Å². The number of nitro benzene ring substituents is 2. The fraction of sp³-hybridized carbons (Fsp3) is 0.559. The maximum absolute atomic E-state index is 14.8. The number of nitro groups is 2. The maximum Gasteiger partial charge on any atom is 0.269 e. The van der Waals surface area contributed by atoms with Crippen LogP contribution in [0.1, 0.15) is 176 Å². The second kappa shape index (κ2) is 28.0. The van der Waals surface area contributed by atoms with E-state index >= 15 is 0 Å². The standard InChI is InChI=1S/C59H78N2O10/c1-3-11-43-15-23-47(24-16-43)49-27-35-53(36-28-49)70-39-9-5-7-13-55(62)57(64)59(41-45-19-31-51(32-20-45)60(66)67,42-46-21-33-52(34-22-46)61(68)69)58(65)56(63)14-8-6-10-40-71-54-37-29-50(30-38-54)48-25-17-44(12-4-2)18-26-48/h19-22,27-38,43-44,47-48,55-56,62-63H,3-18,23-26,39-42H2,1-2H3. The van der Waals surface area contributed by atoms with Gasteiger partial charge >= 0.3 is 0 Å². The molecule has 12 heteroatoms. The lowest BCUT2D eigenvalue weighted by molar-refractivity contribution is -0.385. The van der Waals surface area contributed by atoms with Gasteiger partial charge in [0.15, 0.2) is 11.6 Å². The van der Waals surface area contributed by atoms with Crippen LogP contribution in [0.3, 0.4) is 0 Å². The molecule has 2 aliphatic carbocycles. The molecule has 0 aliphatic heterocycles. The van der Waals surface area contributed by atoms with E-state index in [1.165, 1.54) is 137 Å². The van der Waals surface area contributed by atoms with Crippen LogP contribution in [0.5, 0.6) is 11.5 Å². The van der Waals surface area contributed by atoms with Gasteiger partial charge in [-0.3, -0.25) is 29.8 Å². The van der Waals surface area contributed by atoms with Crippen molar-refractivity contribution in [3.63, 3.8) is 0 Å². The largest absolute Gasteiger partial charge is 0.494 e. The fourth-order valence-electron chi connectivity index (χ4n) is 11.3. The van der Waals surface area contributed by atoms with Gasteiger partial charge in [-0.15, -0.1) is 0 Å². The van der Waals surface area contributed by atoms with Crippen molar-refractivity contribution >= 4 is 22.9 Å². The molecule has 4 aromatic rings. The molecule has 0 bridgehead atoms. The van der Waals surface area contributed by atoms with Crippen LogP contribution in [-0.4, -0.2) is 57.0 Å². The molecule has 0 radical (unpaired) electrons. The molecule has 2 saturated carbocycles. The van der Waals surface area contributed by atoms with Crippen LogP contribution < -0.4 is 9.47 Å². The van der Waals surface area contributed by atoms with Crippen molar-refractivity contribution in [1.82, 2.24) is 0 Å². The molecule has 0 heterocycles. The third kappa shape index (κ3) is 16.3. The van der Waals surface area contributed by atoms with Crippen molar-refractivity contribution in [2.24, 2.45) is 17.3 Å². The van der Waals surface area contributed by atoms with E-state index in [4.69, 9.17) is 9.47 Å². The average Bonchev–Trinajstić information content (AvgIpc) is 3.39. The zero-order valence-corrected chi connectivity index (χ0v) is 42.2. The number of ether oxygens (including phenoxy) is 2.